The summed E-state index contributed by atoms with van der Waals surface area (Å²) in [6.07, 6.45) is 27.5. The summed E-state index contributed by atoms with van der Waals surface area (Å²) < 4.78 is 69.4. The molecule has 22 rings (SSSR count). The maximum Gasteiger partial charge on any atom is 0.194 e. The van der Waals surface area contributed by atoms with Crippen molar-refractivity contribution in [1.82, 2.24) is 0 Å². The molecule has 4 fully saturated rings. The van der Waals surface area contributed by atoms with Gasteiger partial charge in [-0.1, -0.05) is 99.2 Å². The standard InChI is InChI=1S/C100H58F4N8O4S6/c101-71-35-61-63(37-73(71)103)87(115)66(79(61)51(43-109)44-110)28-54-30-69-82(92-83(99(69)21-9-2-10-22-99)93-95(122-92)89-75(119-93)34-56(118-89)32-68-80(52(45-111)46-112)62-36-72(102)74(104)38-64(62)88(68)116)98(54)23-15-47(16-24-98)48-17-25-100(26-18-48)70-29-53(27-65-77(49(39-105)40-106)57-11-3-5-13-59(57)85(65)113)97(19-7-1-8-20-97)81(70)91-84(100)94-96(121-91)90-76(120-94)33-55(117-90)31-67-78(50(41-107)42-108)58-12-4-6-14-60(58)86(67)114/h3-6,11-14,27-38,47-48H,1-2,7-10,15-26H2/b65-27-,66-28-,67-31+,68-32+. The maximum atomic E-state index is 15.5. The number of allylic oxidation sites excluding steroid dienone is 22. The second-order valence-electron chi connectivity index (χ2n) is 33.9. The van der Waals surface area contributed by atoms with Crippen molar-refractivity contribution in [1.29, 1.82) is 42.1 Å². The van der Waals surface area contributed by atoms with Gasteiger partial charge in [0.05, 0.1) is 28.2 Å². The molecule has 6 aromatic heterocycles. The van der Waals surface area contributed by atoms with Crippen LogP contribution in [0.5, 0.6) is 0 Å². The normalized spacial score (nSPS) is 23.5. The SMILES string of the molecule is N#CC(C#N)=C1/C(=C/C2=CC3=C(c4sc5c(sc6cc(/C=C7/C(=O)c8ccccc8C7=C(C#N)C#N)sc65)c4C34CCC(C3CCC5(CC3)C(/C=C3\C(=O)c6cc(F)c(F)cc6C3=C(C#N)C#N)=CC3=C5c5sc6c(sc7cc(/C=C8/C(=O)c9cc(F)c(F)cc9C8=C(C#N)C#N)sc76)c5C35CCCCC5)CC4)C23CCCCC3)C(=O)c2ccccc21. The van der Waals surface area contributed by atoms with Crippen LogP contribution in [0.3, 0.4) is 0 Å². The Balaban J connectivity index is 0.659. The number of hydrogen-bond donors (Lipinski definition) is 0. The van der Waals surface area contributed by atoms with E-state index < -0.39 is 67.6 Å². The molecule has 0 amide bonds. The smallest absolute Gasteiger partial charge is 0.194 e. The number of nitriles is 8. The van der Waals surface area contributed by atoms with E-state index >= 15 is 13.6 Å². The van der Waals surface area contributed by atoms with Crippen molar-refractivity contribution in [2.75, 3.05) is 0 Å². The molecule has 122 heavy (non-hydrogen) atoms. The van der Waals surface area contributed by atoms with Gasteiger partial charge in [0, 0.05) is 117 Å². The van der Waals surface area contributed by atoms with Crippen LogP contribution >= 0.6 is 68.0 Å². The van der Waals surface area contributed by atoms with Gasteiger partial charge in [0.2, 0.25) is 0 Å². The van der Waals surface area contributed by atoms with Gasteiger partial charge in [-0.05, 0) is 216 Å². The Hall–Kier alpha value is -12.7. The number of Topliss-reactive ketones (excluding diaryl/α,β-unsaturated/α-hetero) is 4. The third-order valence-electron chi connectivity index (χ3n) is 28.6. The fourth-order valence-corrected chi connectivity index (χ4v) is 32.6. The summed E-state index contributed by atoms with van der Waals surface area (Å²) in [7, 11) is 0. The summed E-state index contributed by atoms with van der Waals surface area (Å²) in [5.41, 5.74) is 9.12. The molecule has 12 nitrogen and oxygen atoms in total. The molecule has 12 aliphatic carbocycles. The zero-order chi connectivity index (χ0) is 83.6. The molecule has 4 aromatic carbocycles. The second-order valence-corrected chi connectivity index (χ2v) is 40.2. The molecular formula is C100H58F4N8O4S6. The highest BCUT2D eigenvalue weighted by Crippen LogP contribution is 2.75. The molecule has 586 valence electrons. The summed E-state index contributed by atoms with van der Waals surface area (Å²) in [6, 6.07) is 37.9. The Labute approximate surface area is 719 Å². The van der Waals surface area contributed by atoms with Gasteiger partial charge < -0.3 is 0 Å². The van der Waals surface area contributed by atoms with Crippen LogP contribution in [0.4, 0.5) is 17.6 Å². The minimum absolute atomic E-state index is 0.0199. The number of halogens is 4. The van der Waals surface area contributed by atoms with Crippen molar-refractivity contribution in [2.24, 2.45) is 22.7 Å². The van der Waals surface area contributed by atoms with E-state index in [4.69, 9.17) is 0 Å². The Bertz CT molecular complexity index is 7540. The monoisotopic (exact) mass is 1700 g/mol. The predicted molar refractivity (Wildman–Crippen MR) is 466 cm³/mol. The molecular weight excluding hydrogens is 1650 g/mol. The quantitative estimate of drug-likeness (QED) is 0.0885. The van der Waals surface area contributed by atoms with Crippen LogP contribution in [0, 0.1) is 137 Å². The number of benzene rings is 4. The summed E-state index contributed by atoms with van der Waals surface area (Å²) in [5, 5.41) is 83.3. The average Bonchev–Trinajstić information content (AvgIpc) is 1.50. The number of rotatable bonds is 5. The number of nitrogens with zero attached hydrogens (tertiary/aromatic N) is 8. The second kappa shape index (κ2) is 27.4. The third-order valence-corrected chi connectivity index (χ3v) is 36.4. The zero-order valence-electron chi connectivity index (χ0n) is 64.6. The van der Waals surface area contributed by atoms with E-state index in [2.05, 4.69) is 42.5 Å². The molecule has 4 saturated carbocycles. The van der Waals surface area contributed by atoms with Crippen molar-refractivity contribution in [3.05, 3.63) is 275 Å². The first kappa shape index (κ1) is 75.5. The van der Waals surface area contributed by atoms with E-state index in [1.165, 1.54) is 54.3 Å². The average molecular weight is 1700 g/mol. The summed E-state index contributed by atoms with van der Waals surface area (Å²) >= 11 is 10.0. The predicted octanol–water partition coefficient (Wildman–Crippen LogP) is 25.5. The van der Waals surface area contributed by atoms with Crippen LogP contribution in [0.1, 0.15) is 210 Å². The molecule has 0 N–H and O–H groups in total. The molecule has 22 heteroatoms. The first-order valence-corrected chi connectivity index (χ1v) is 45.6. The Kier molecular flexibility index (Phi) is 17.0. The lowest BCUT2D eigenvalue weighted by molar-refractivity contribution is 0.103. The van der Waals surface area contributed by atoms with E-state index in [1.807, 2.05) is 72.0 Å². The topological polar surface area (TPSA) is 259 Å². The maximum absolute atomic E-state index is 15.5. The highest BCUT2D eigenvalue weighted by molar-refractivity contribution is 7.40. The number of thiophene rings is 6. The molecule has 4 spiro atoms. The molecule has 0 saturated heterocycles. The summed E-state index contributed by atoms with van der Waals surface area (Å²) in [5.74, 6) is -6.14. The van der Waals surface area contributed by atoms with Crippen LogP contribution in [0.2, 0.25) is 0 Å². The number of fused-ring (bicyclic) bond motifs is 22. The van der Waals surface area contributed by atoms with Crippen molar-refractivity contribution in [3.8, 4) is 48.6 Å². The molecule has 12 aliphatic rings. The van der Waals surface area contributed by atoms with E-state index in [0.29, 0.717) is 62.3 Å². The number of ketones is 4. The number of carbonyl (C=O) groups is 4. The first-order valence-electron chi connectivity index (χ1n) is 40.7. The van der Waals surface area contributed by atoms with Gasteiger partial charge in [0.15, 0.2) is 46.4 Å². The van der Waals surface area contributed by atoms with Gasteiger partial charge in [-0.2, -0.15) is 42.1 Å². The Morgan fingerprint density at radius 3 is 1.02 bits per heavy atom. The molecule has 0 aliphatic heterocycles. The summed E-state index contributed by atoms with van der Waals surface area (Å²) in [6.45, 7) is 0. The largest absolute Gasteiger partial charge is 0.289 e. The molecule has 0 unspecified atom stereocenters. The molecule has 0 radical (unpaired) electrons. The van der Waals surface area contributed by atoms with E-state index in [0.717, 1.165) is 181 Å². The summed E-state index contributed by atoms with van der Waals surface area (Å²) in [4.78, 5) is 62.5. The first-order chi connectivity index (χ1) is 59.3. The van der Waals surface area contributed by atoms with Crippen LogP contribution in [0.25, 0.3) is 83.2 Å². The Morgan fingerprint density at radius 2 is 0.648 bits per heavy atom. The van der Waals surface area contributed by atoms with E-state index in [9.17, 15) is 65.3 Å². The van der Waals surface area contributed by atoms with Crippen molar-refractivity contribution in [3.63, 3.8) is 0 Å². The van der Waals surface area contributed by atoms with Crippen LogP contribution < -0.4 is 0 Å². The van der Waals surface area contributed by atoms with Crippen molar-refractivity contribution in [2.45, 2.75) is 126 Å². The van der Waals surface area contributed by atoms with Crippen LogP contribution in [0.15, 0.2) is 176 Å². The lowest BCUT2D eigenvalue weighted by atomic mass is 9.58. The Morgan fingerprint density at radius 1 is 0.336 bits per heavy atom. The molecule has 10 aromatic rings. The van der Waals surface area contributed by atoms with Gasteiger partial charge in [0.1, 0.15) is 70.8 Å². The van der Waals surface area contributed by atoms with Gasteiger partial charge in [-0.15, -0.1) is 68.0 Å². The fourth-order valence-electron chi connectivity index (χ4n) is 23.5. The zero-order valence-corrected chi connectivity index (χ0v) is 69.5. The van der Waals surface area contributed by atoms with Gasteiger partial charge in [0.25, 0.3) is 0 Å². The molecule has 0 bridgehead atoms. The highest BCUT2D eigenvalue weighted by Gasteiger charge is 2.61. The highest BCUT2D eigenvalue weighted by atomic mass is 32.1. The lowest BCUT2D eigenvalue weighted by Gasteiger charge is -2.46. The fraction of sp³-hybridized carbons (Fsp3) is 0.240. The number of hydrogen-bond acceptors (Lipinski definition) is 18. The van der Waals surface area contributed by atoms with Crippen LogP contribution in [-0.2, 0) is 10.8 Å². The third kappa shape index (κ3) is 10.2. The number of carbonyl (C=O) groups excluding carboxylic acids is 4. The van der Waals surface area contributed by atoms with E-state index in [-0.39, 0.29) is 79.1 Å². The van der Waals surface area contributed by atoms with Crippen LogP contribution in [-0.4, -0.2) is 23.1 Å². The minimum atomic E-state index is -1.23. The lowest BCUT2D eigenvalue weighted by Crippen LogP contribution is -2.36. The van der Waals surface area contributed by atoms with Gasteiger partial charge >= 0.3 is 0 Å². The van der Waals surface area contributed by atoms with Gasteiger partial charge in [-0.25, -0.2) is 17.6 Å². The molecule has 6 heterocycles. The van der Waals surface area contributed by atoms with Gasteiger partial charge in [-0.3, -0.25) is 19.2 Å². The van der Waals surface area contributed by atoms with Crippen molar-refractivity contribution < 1.29 is 36.7 Å². The van der Waals surface area contributed by atoms with Crippen molar-refractivity contribution >= 4 is 174 Å². The van der Waals surface area contributed by atoms with E-state index in [1.54, 1.807) is 87.8 Å². The minimum Gasteiger partial charge on any atom is -0.289 e. The molecule has 0 atom stereocenters.